The van der Waals surface area contributed by atoms with Gasteiger partial charge < -0.3 is 4.74 Å². The Bertz CT molecular complexity index is 825. The highest BCUT2D eigenvalue weighted by Gasteiger charge is 2.17. The van der Waals surface area contributed by atoms with Crippen LogP contribution in [0.1, 0.15) is 15.9 Å². The maximum atomic E-state index is 12.8. The number of benzene rings is 2. The first-order chi connectivity index (χ1) is 10.2. The molecule has 2 aromatic carbocycles. The van der Waals surface area contributed by atoms with Crippen LogP contribution < -0.4 is 4.74 Å². The molecule has 104 valence electrons. The first-order valence-corrected chi connectivity index (χ1v) is 6.80. The molecule has 0 amide bonds. The highest BCUT2D eigenvalue weighted by atomic mass is 35.5. The molecular weight excluding hydrogens is 286 g/mol. The number of carbonyl (C=O) groups excluding carboxylic acids is 1. The van der Waals surface area contributed by atoms with Crippen LogP contribution in [0.2, 0.25) is 5.02 Å². The van der Waals surface area contributed by atoms with Gasteiger partial charge >= 0.3 is 0 Å². The number of halogens is 1. The lowest BCUT2D eigenvalue weighted by Crippen LogP contribution is -2.05. The summed E-state index contributed by atoms with van der Waals surface area (Å²) in [6, 6.07) is 14.3. The number of ketones is 1. The molecule has 0 atom stereocenters. The molecule has 0 aliphatic rings. The van der Waals surface area contributed by atoms with E-state index in [4.69, 9.17) is 16.3 Å². The van der Waals surface area contributed by atoms with Crippen LogP contribution >= 0.6 is 11.6 Å². The predicted molar refractivity (Wildman–Crippen MR) is 83.2 cm³/mol. The molecule has 3 rings (SSSR count). The lowest BCUT2D eigenvalue weighted by atomic mass is 10.00. The van der Waals surface area contributed by atoms with Crippen LogP contribution in [0.3, 0.4) is 0 Å². The van der Waals surface area contributed by atoms with Gasteiger partial charge in [0.15, 0.2) is 5.78 Å². The Balaban J connectivity index is 2.17. The van der Waals surface area contributed by atoms with Crippen LogP contribution in [0.5, 0.6) is 5.75 Å². The fraction of sp³-hybridized carbons (Fsp3) is 0.0588. The van der Waals surface area contributed by atoms with Crippen molar-refractivity contribution >= 4 is 28.3 Å². The van der Waals surface area contributed by atoms with Gasteiger partial charge in [-0.1, -0.05) is 29.8 Å². The molecule has 3 aromatic rings. The van der Waals surface area contributed by atoms with E-state index in [0.717, 1.165) is 5.39 Å². The molecule has 0 aliphatic carbocycles. The quantitative estimate of drug-likeness (QED) is 0.682. The van der Waals surface area contributed by atoms with Crippen molar-refractivity contribution in [2.75, 3.05) is 7.11 Å². The lowest BCUT2D eigenvalue weighted by Gasteiger charge is -2.09. The van der Waals surface area contributed by atoms with Crippen molar-refractivity contribution in [3.8, 4) is 5.75 Å². The number of hydrogen-bond donors (Lipinski definition) is 0. The number of aromatic nitrogens is 1. The number of fused-ring (bicyclic) bond motifs is 1. The minimum Gasteiger partial charge on any atom is -0.496 e. The van der Waals surface area contributed by atoms with Gasteiger partial charge in [0.05, 0.1) is 18.2 Å². The zero-order valence-corrected chi connectivity index (χ0v) is 12.1. The number of nitrogens with zero attached hydrogens (tertiary/aromatic N) is 1. The van der Waals surface area contributed by atoms with E-state index in [1.807, 2.05) is 24.3 Å². The van der Waals surface area contributed by atoms with Crippen LogP contribution in [0.25, 0.3) is 10.9 Å². The van der Waals surface area contributed by atoms with Crippen molar-refractivity contribution in [1.29, 1.82) is 0 Å². The standard InChI is InChI=1S/C17H12ClNO2/c1-21-15-10-12(18)7-8-13(15)17(20)14-6-2-4-11-5-3-9-19-16(11)14/h2-10H,1H3. The van der Waals surface area contributed by atoms with E-state index in [9.17, 15) is 4.79 Å². The number of methoxy groups -OCH3 is 1. The first-order valence-electron chi connectivity index (χ1n) is 6.42. The Kier molecular flexibility index (Phi) is 3.59. The van der Waals surface area contributed by atoms with Crippen LogP contribution in [0.15, 0.2) is 54.7 Å². The van der Waals surface area contributed by atoms with Gasteiger partial charge in [0, 0.05) is 22.2 Å². The molecule has 0 N–H and O–H groups in total. The van der Waals surface area contributed by atoms with E-state index in [-0.39, 0.29) is 5.78 Å². The maximum Gasteiger partial charge on any atom is 0.198 e. The molecule has 21 heavy (non-hydrogen) atoms. The molecule has 0 saturated heterocycles. The molecule has 1 aromatic heterocycles. The summed E-state index contributed by atoms with van der Waals surface area (Å²) in [7, 11) is 1.52. The maximum absolute atomic E-state index is 12.8. The summed E-state index contributed by atoms with van der Waals surface area (Å²) in [6.07, 6.45) is 1.68. The molecule has 0 fully saturated rings. The summed E-state index contributed by atoms with van der Waals surface area (Å²) in [4.78, 5) is 17.1. The zero-order chi connectivity index (χ0) is 14.8. The number of carbonyl (C=O) groups is 1. The van der Waals surface area contributed by atoms with Crippen molar-refractivity contribution in [3.05, 3.63) is 70.9 Å². The number of pyridine rings is 1. The van der Waals surface area contributed by atoms with Crippen molar-refractivity contribution in [2.24, 2.45) is 0 Å². The minimum atomic E-state index is -0.132. The Morgan fingerprint density at radius 1 is 1.10 bits per heavy atom. The summed E-state index contributed by atoms with van der Waals surface area (Å²) in [5.41, 5.74) is 1.70. The van der Waals surface area contributed by atoms with Gasteiger partial charge in [0.2, 0.25) is 0 Å². The van der Waals surface area contributed by atoms with Gasteiger partial charge in [-0.15, -0.1) is 0 Å². The molecular formula is C17H12ClNO2. The molecule has 0 spiro atoms. The fourth-order valence-electron chi connectivity index (χ4n) is 2.29. The van der Waals surface area contributed by atoms with E-state index in [1.165, 1.54) is 7.11 Å². The van der Waals surface area contributed by atoms with Crippen molar-refractivity contribution in [1.82, 2.24) is 4.98 Å². The molecule has 1 heterocycles. The minimum absolute atomic E-state index is 0.132. The SMILES string of the molecule is COc1cc(Cl)ccc1C(=O)c1cccc2cccnc12. The summed E-state index contributed by atoms with van der Waals surface area (Å²) in [5, 5.41) is 1.45. The zero-order valence-electron chi connectivity index (χ0n) is 11.3. The summed E-state index contributed by atoms with van der Waals surface area (Å²) in [6.45, 7) is 0. The molecule has 3 nitrogen and oxygen atoms in total. The second-order valence-corrected chi connectivity index (χ2v) is 4.99. The third kappa shape index (κ3) is 2.48. The molecule has 0 radical (unpaired) electrons. The normalized spacial score (nSPS) is 10.6. The van der Waals surface area contributed by atoms with E-state index in [2.05, 4.69) is 4.98 Å². The third-order valence-electron chi connectivity index (χ3n) is 3.29. The Morgan fingerprint density at radius 3 is 2.71 bits per heavy atom. The third-order valence-corrected chi connectivity index (χ3v) is 3.52. The van der Waals surface area contributed by atoms with Crippen molar-refractivity contribution in [2.45, 2.75) is 0 Å². The van der Waals surface area contributed by atoms with Gasteiger partial charge in [0.25, 0.3) is 0 Å². The average molecular weight is 298 g/mol. The monoisotopic (exact) mass is 297 g/mol. The largest absolute Gasteiger partial charge is 0.496 e. The summed E-state index contributed by atoms with van der Waals surface area (Å²) < 4.78 is 5.26. The van der Waals surface area contributed by atoms with Gasteiger partial charge in [-0.3, -0.25) is 9.78 Å². The fourth-order valence-corrected chi connectivity index (χ4v) is 2.45. The second kappa shape index (κ2) is 5.54. The molecule has 0 saturated carbocycles. The van der Waals surface area contributed by atoms with E-state index in [1.54, 1.807) is 30.5 Å². The van der Waals surface area contributed by atoms with Gasteiger partial charge in [-0.25, -0.2) is 0 Å². The smallest absolute Gasteiger partial charge is 0.198 e. The van der Waals surface area contributed by atoms with Crippen LogP contribution in [-0.2, 0) is 0 Å². The van der Waals surface area contributed by atoms with E-state index >= 15 is 0 Å². The topological polar surface area (TPSA) is 39.2 Å². The number of para-hydroxylation sites is 1. The van der Waals surface area contributed by atoms with Crippen LogP contribution in [-0.4, -0.2) is 17.9 Å². The highest BCUT2D eigenvalue weighted by Crippen LogP contribution is 2.27. The van der Waals surface area contributed by atoms with Gasteiger partial charge in [0.1, 0.15) is 5.75 Å². The molecule has 0 aliphatic heterocycles. The van der Waals surface area contributed by atoms with Crippen LogP contribution in [0.4, 0.5) is 0 Å². The molecule has 4 heteroatoms. The lowest BCUT2D eigenvalue weighted by molar-refractivity contribution is 0.103. The van der Waals surface area contributed by atoms with Crippen LogP contribution in [0, 0.1) is 0 Å². The summed E-state index contributed by atoms with van der Waals surface area (Å²) in [5.74, 6) is 0.327. The summed E-state index contributed by atoms with van der Waals surface area (Å²) >= 11 is 5.94. The predicted octanol–water partition coefficient (Wildman–Crippen LogP) is 4.13. The van der Waals surface area contributed by atoms with E-state index < -0.39 is 0 Å². The van der Waals surface area contributed by atoms with Crippen molar-refractivity contribution < 1.29 is 9.53 Å². The van der Waals surface area contributed by atoms with E-state index in [0.29, 0.717) is 27.4 Å². The Morgan fingerprint density at radius 2 is 1.90 bits per heavy atom. The first kappa shape index (κ1) is 13.6. The number of hydrogen-bond acceptors (Lipinski definition) is 3. The molecule has 0 unspecified atom stereocenters. The van der Waals surface area contributed by atoms with Crippen molar-refractivity contribution in [3.63, 3.8) is 0 Å². The second-order valence-electron chi connectivity index (χ2n) is 4.55. The Hall–Kier alpha value is -2.39. The Labute approximate surface area is 127 Å². The molecule has 0 bridgehead atoms. The van der Waals surface area contributed by atoms with Gasteiger partial charge in [-0.2, -0.15) is 0 Å². The average Bonchev–Trinajstić information content (AvgIpc) is 2.53. The van der Waals surface area contributed by atoms with Gasteiger partial charge in [-0.05, 0) is 30.3 Å². The number of rotatable bonds is 3. The highest BCUT2D eigenvalue weighted by molar-refractivity contribution is 6.31. The number of ether oxygens (including phenoxy) is 1.